The number of allylic oxidation sites excluding steroid dienone is 1. The minimum absolute atomic E-state index is 0.0390. The highest BCUT2D eigenvalue weighted by Gasteiger charge is 2.24. The molecule has 0 saturated carbocycles. The van der Waals surface area contributed by atoms with Gasteiger partial charge in [-0.05, 0) is 32.1 Å². The summed E-state index contributed by atoms with van der Waals surface area (Å²) >= 11 is 5.87. The molecular weight excluding hydrogens is 184 g/mol. The van der Waals surface area contributed by atoms with E-state index >= 15 is 0 Å². The molecule has 0 aliphatic rings. The van der Waals surface area contributed by atoms with Crippen LogP contribution in [0, 0.1) is 5.41 Å². The molecule has 13 heavy (non-hydrogen) atoms. The zero-order chi connectivity index (χ0) is 10.5. The number of rotatable bonds is 6. The minimum Gasteiger partial charge on any atom is -0.379 e. The molecule has 0 N–H and O–H groups in total. The lowest BCUT2D eigenvalue weighted by Gasteiger charge is -2.29. The van der Waals surface area contributed by atoms with Gasteiger partial charge in [0.1, 0.15) is 0 Å². The van der Waals surface area contributed by atoms with Crippen molar-refractivity contribution in [1.82, 2.24) is 0 Å². The van der Waals surface area contributed by atoms with E-state index in [1.54, 1.807) is 7.11 Å². The predicted octanol–water partition coefficient (Wildman–Crippen LogP) is 3.62. The molecule has 0 aliphatic carbocycles. The summed E-state index contributed by atoms with van der Waals surface area (Å²) in [5.41, 5.74) is -0.0202. The average Bonchev–Trinajstić information content (AvgIpc) is 2.14. The van der Waals surface area contributed by atoms with Gasteiger partial charge < -0.3 is 4.74 Å². The Morgan fingerprint density at radius 2 is 1.85 bits per heavy atom. The summed E-state index contributed by atoms with van der Waals surface area (Å²) in [6, 6.07) is 0. The first-order valence-corrected chi connectivity index (χ1v) is 5.17. The molecule has 0 saturated heterocycles. The van der Waals surface area contributed by atoms with Crippen LogP contribution < -0.4 is 0 Å². The molecule has 0 fully saturated rings. The van der Waals surface area contributed by atoms with Gasteiger partial charge in [-0.15, -0.1) is 18.2 Å². The van der Waals surface area contributed by atoms with E-state index in [9.17, 15) is 0 Å². The predicted molar refractivity (Wildman–Crippen MR) is 59.3 cm³/mol. The maximum atomic E-state index is 5.87. The lowest BCUT2D eigenvalue weighted by Crippen LogP contribution is -2.26. The summed E-state index contributed by atoms with van der Waals surface area (Å²) in [4.78, 5) is 0. The quantitative estimate of drug-likeness (QED) is 0.474. The summed E-state index contributed by atoms with van der Waals surface area (Å²) in [6.45, 7) is 10.1. The van der Waals surface area contributed by atoms with Gasteiger partial charge in [0.25, 0.3) is 0 Å². The van der Waals surface area contributed by atoms with Crippen molar-refractivity contribution >= 4 is 11.6 Å². The molecule has 0 spiro atoms. The number of methoxy groups -OCH3 is 1. The molecule has 1 nitrogen and oxygen atoms in total. The Hall–Kier alpha value is -0.0100. The van der Waals surface area contributed by atoms with Crippen molar-refractivity contribution in [3.8, 4) is 0 Å². The van der Waals surface area contributed by atoms with Crippen LogP contribution in [0.2, 0.25) is 0 Å². The van der Waals surface area contributed by atoms with E-state index in [0.717, 1.165) is 12.8 Å². The molecule has 0 aromatic heterocycles. The number of hydrogen-bond acceptors (Lipinski definition) is 1. The van der Waals surface area contributed by atoms with E-state index in [1.807, 2.05) is 6.08 Å². The van der Waals surface area contributed by atoms with Crippen molar-refractivity contribution in [2.75, 3.05) is 13.0 Å². The number of alkyl halides is 1. The third-order valence-corrected chi connectivity index (χ3v) is 3.26. The monoisotopic (exact) mass is 204 g/mol. The summed E-state index contributed by atoms with van der Waals surface area (Å²) in [5, 5.41) is 0. The summed E-state index contributed by atoms with van der Waals surface area (Å²) in [5.74, 6) is 0.621. The number of ether oxygens (including phenoxy) is 1. The van der Waals surface area contributed by atoms with Gasteiger partial charge in [0, 0.05) is 13.0 Å². The first-order chi connectivity index (χ1) is 5.89. The average molecular weight is 205 g/mol. The Balaban J connectivity index is 4.06. The molecule has 0 heterocycles. The molecule has 0 aromatic rings. The standard InChI is InChI=1S/C11H21ClO/c1-6-11(4,9-12)8-7-10(2,3)13-5/h6H,1,7-9H2,2-5H3. The van der Waals surface area contributed by atoms with Crippen LogP contribution in [0.4, 0.5) is 0 Å². The second-order valence-corrected chi connectivity index (χ2v) is 4.72. The first-order valence-electron chi connectivity index (χ1n) is 4.64. The highest BCUT2D eigenvalue weighted by Crippen LogP contribution is 2.30. The topological polar surface area (TPSA) is 9.23 Å². The van der Waals surface area contributed by atoms with Crippen LogP contribution in [-0.4, -0.2) is 18.6 Å². The van der Waals surface area contributed by atoms with Crippen molar-refractivity contribution in [3.05, 3.63) is 12.7 Å². The van der Waals surface area contributed by atoms with Gasteiger partial charge in [0.2, 0.25) is 0 Å². The van der Waals surface area contributed by atoms with Gasteiger partial charge in [0.15, 0.2) is 0 Å². The van der Waals surface area contributed by atoms with Gasteiger partial charge in [-0.1, -0.05) is 13.0 Å². The van der Waals surface area contributed by atoms with Crippen LogP contribution in [0.1, 0.15) is 33.6 Å². The Kier molecular flexibility index (Phi) is 5.01. The van der Waals surface area contributed by atoms with Gasteiger partial charge in [-0.2, -0.15) is 0 Å². The van der Waals surface area contributed by atoms with Crippen molar-refractivity contribution in [1.29, 1.82) is 0 Å². The van der Waals surface area contributed by atoms with Crippen molar-refractivity contribution < 1.29 is 4.74 Å². The summed E-state index contributed by atoms with van der Waals surface area (Å²) in [7, 11) is 1.74. The summed E-state index contributed by atoms with van der Waals surface area (Å²) in [6.07, 6.45) is 3.95. The fourth-order valence-corrected chi connectivity index (χ4v) is 1.15. The number of halogens is 1. The fourth-order valence-electron chi connectivity index (χ4n) is 0.912. The van der Waals surface area contributed by atoms with Crippen LogP contribution in [0.3, 0.4) is 0 Å². The highest BCUT2D eigenvalue weighted by molar-refractivity contribution is 6.18. The molecule has 0 rings (SSSR count). The summed E-state index contributed by atoms with van der Waals surface area (Å²) < 4.78 is 5.34. The molecule has 0 radical (unpaired) electrons. The first kappa shape index (κ1) is 13.0. The Morgan fingerprint density at radius 3 is 2.15 bits per heavy atom. The molecule has 1 unspecified atom stereocenters. The van der Waals surface area contributed by atoms with E-state index < -0.39 is 0 Å². The zero-order valence-electron chi connectivity index (χ0n) is 9.19. The van der Waals surface area contributed by atoms with E-state index in [2.05, 4.69) is 27.4 Å². The van der Waals surface area contributed by atoms with E-state index in [0.29, 0.717) is 5.88 Å². The lowest BCUT2D eigenvalue weighted by atomic mass is 9.84. The molecule has 1 atom stereocenters. The molecule has 0 aliphatic heterocycles. The molecular formula is C11H21ClO. The second kappa shape index (κ2) is 5.02. The van der Waals surface area contributed by atoms with Crippen LogP contribution in [-0.2, 0) is 4.74 Å². The highest BCUT2D eigenvalue weighted by atomic mass is 35.5. The van der Waals surface area contributed by atoms with Gasteiger partial charge in [-0.25, -0.2) is 0 Å². The zero-order valence-corrected chi connectivity index (χ0v) is 9.95. The Morgan fingerprint density at radius 1 is 1.31 bits per heavy atom. The normalized spacial score (nSPS) is 16.7. The molecule has 0 aromatic carbocycles. The molecule has 0 amide bonds. The van der Waals surface area contributed by atoms with Crippen LogP contribution >= 0.6 is 11.6 Å². The van der Waals surface area contributed by atoms with Crippen LogP contribution in [0.25, 0.3) is 0 Å². The van der Waals surface area contributed by atoms with Crippen LogP contribution in [0.15, 0.2) is 12.7 Å². The Labute approximate surface area is 87.1 Å². The minimum atomic E-state index is -0.0592. The van der Waals surface area contributed by atoms with Gasteiger partial charge >= 0.3 is 0 Å². The van der Waals surface area contributed by atoms with Crippen molar-refractivity contribution in [2.24, 2.45) is 5.41 Å². The molecule has 78 valence electrons. The second-order valence-electron chi connectivity index (χ2n) is 4.46. The number of hydrogen-bond donors (Lipinski definition) is 0. The molecule has 2 heteroatoms. The van der Waals surface area contributed by atoms with Crippen LogP contribution in [0.5, 0.6) is 0 Å². The van der Waals surface area contributed by atoms with Gasteiger partial charge in [-0.3, -0.25) is 0 Å². The van der Waals surface area contributed by atoms with Crippen molar-refractivity contribution in [3.63, 3.8) is 0 Å². The van der Waals surface area contributed by atoms with Crippen molar-refractivity contribution in [2.45, 2.75) is 39.2 Å². The third kappa shape index (κ3) is 4.68. The van der Waals surface area contributed by atoms with E-state index in [-0.39, 0.29) is 11.0 Å². The van der Waals surface area contributed by atoms with E-state index in [1.165, 1.54) is 0 Å². The maximum absolute atomic E-state index is 5.87. The maximum Gasteiger partial charge on any atom is 0.0623 e. The fraction of sp³-hybridized carbons (Fsp3) is 0.818. The largest absolute Gasteiger partial charge is 0.379 e. The van der Waals surface area contributed by atoms with Gasteiger partial charge in [0.05, 0.1) is 5.60 Å². The Bertz CT molecular complexity index is 165. The third-order valence-electron chi connectivity index (χ3n) is 2.65. The lowest BCUT2D eigenvalue weighted by molar-refractivity contribution is 0.00864. The SMILES string of the molecule is C=CC(C)(CCl)CCC(C)(C)OC. The smallest absolute Gasteiger partial charge is 0.0623 e. The molecule has 0 bridgehead atoms. The van der Waals surface area contributed by atoms with E-state index in [4.69, 9.17) is 16.3 Å².